The molecule has 0 spiro atoms. The highest BCUT2D eigenvalue weighted by molar-refractivity contribution is 7.80. The number of carbonyl (C=O) groups excluding carboxylic acids is 1. The van der Waals surface area contributed by atoms with Gasteiger partial charge < -0.3 is 4.90 Å². The molecule has 14 heavy (non-hydrogen) atoms. The van der Waals surface area contributed by atoms with Crippen molar-refractivity contribution in [1.29, 1.82) is 0 Å². The standard InChI is InChI=1S/C11H13NOS/c13-11-6-9(8-14)7-12(11)10-4-2-1-3-5-10/h1-5,9,14H,6-8H2. The first-order valence-corrected chi connectivity index (χ1v) is 5.41. The Kier molecular flexibility index (Phi) is 2.77. The Morgan fingerprint density at radius 1 is 1.36 bits per heavy atom. The van der Waals surface area contributed by atoms with Gasteiger partial charge in [-0.1, -0.05) is 18.2 Å². The van der Waals surface area contributed by atoms with Crippen molar-refractivity contribution in [3.05, 3.63) is 30.3 Å². The number of hydrogen-bond donors (Lipinski definition) is 1. The molecule has 1 saturated heterocycles. The van der Waals surface area contributed by atoms with E-state index in [-0.39, 0.29) is 5.91 Å². The fraction of sp³-hybridized carbons (Fsp3) is 0.364. The molecule has 1 atom stereocenters. The Morgan fingerprint density at radius 2 is 2.07 bits per heavy atom. The zero-order valence-electron chi connectivity index (χ0n) is 7.89. The Bertz CT molecular complexity index is 325. The van der Waals surface area contributed by atoms with Crippen molar-refractivity contribution in [2.75, 3.05) is 17.2 Å². The van der Waals surface area contributed by atoms with E-state index in [1.54, 1.807) is 0 Å². The van der Waals surface area contributed by atoms with E-state index in [0.717, 1.165) is 18.0 Å². The van der Waals surface area contributed by atoms with Crippen LogP contribution in [0.5, 0.6) is 0 Å². The molecule has 1 aliphatic rings. The first-order valence-electron chi connectivity index (χ1n) is 4.77. The van der Waals surface area contributed by atoms with E-state index in [4.69, 9.17) is 0 Å². The molecule has 0 N–H and O–H groups in total. The number of carbonyl (C=O) groups is 1. The zero-order valence-corrected chi connectivity index (χ0v) is 8.78. The van der Waals surface area contributed by atoms with Crippen LogP contribution in [0, 0.1) is 5.92 Å². The van der Waals surface area contributed by atoms with Gasteiger partial charge in [0.2, 0.25) is 5.91 Å². The van der Waals surface area contributed by atoms with Crippen LogP contribution in [0.25, 0.3) is 0 Å². The molecule has 0 saturated carbocycles. The second-order valence-electron chi connectivity index (χ2n) is 3.59. The van der Waals surface area contributed by atoms with Gasteiger partial charge in [-0.15, -0.1) is 0 Å². The van der Waals surface area contributed by atoms with Crippen molar-refractivity contribution in [1.82, 2.24) is 0 Å². The molecule has 0 aromatic heterocycles. The van der Waals surface area contributed by atoms with E-state index in [1.165, 1.54) is 0 Å². The van der Waals surface area contributed by atoms with Crippen molar-refractivity contribution in [3.8, 4) is 0 Å². The van der Waals surface area contributed by atoms with E-state index < -0.39 is 0 Å². The van der Waals surface area contributed by atoms with Gasteiger partial charge in [-0.25, -0.2) is 0 Å². The minimum Gasteiger partial charge on any atom is -0.312 e. The molecular formula is C11H13NOS. The summed E-state index contributed by atoms with van der Waals surface area (Å²) in [5.41, 5.74) is 1.00. The third kappa shape index (κ3) is 1.77. The summed E-state index contributed by atoms with van der Waals surface area (Å²) in [6.45, 7) is 0.812. The summed E-state index contributed by atoms with van der Waals surface area (Å²) in [5.74, 6) is 1.41. The Labute approximate surface area is 89.3 Å². The molecule has 2 nitrogen and oxygen atoms in total. The smallest absolute Gasteiger partial charge is 0.227 e. The SMILES string of the molecule is O=C1CC(CS)CN1c1ccccc1. The molecule has 1 aliphatic heterocycles. The number of anilines is 1. The lowest BCUT2D eigenvalue weighted by atomic mass is 10.1. The first-order chi connectivity index (χ1) is 6.81. The van der Waals surface area contributed by atoms with Crippen LogP contribution in [-0.4, -0.2) is 18.2 Å². The average Bonchev–Trinajstić information content (AvgIpc) is 2.61. The Balaban J connectivity index is 2.17. The molecule has 3 heteroatoms. The number of para-hydroxylation sites is 1. The summed E-state index contributed by atoms with van der Waals surface area (Å²) in [7, 11) is 0. The maximum Gasteiger partial charge on any atom is 0.227 e. The summed E-state index contributed by atoms with van der Waals surface area (Å²) in [5, 5.41) is 0. The van der Waals surface area contributed by atoms with Gasteiger partial charge in [0, 0.05) is 18.7 Å². The quantitative estimate of drug-likeness (QED) is 0.735. The second-order valence-corrected chi connectivity index (χ2v) is 3.96. The van der Waals surface area contributed by atoms with Crippen LogP contribution in [0.1, 0.15) is 6.42 Å². The fourth-order valence-corrected chi connectivity index (χ4v) is 2.01. The molecule has 1 fully saturated rings. The van der Waals surface area contributed by atoms with E-state index in [2.05, 4.69) is 12.6 Å². The topological polar surface area (TPSA) is 20.3 Å². The van der Waals surface area contributed by atoms with E-state index >= 15 is 0 Å². The average molecular weight is 207 g/mol. The van der Waals surface area contributed by atoms with Crippen LogP contribution in [-0.2, 0) is 4.79 Å². The van der Waals surface area contributed by atoms with Gasteiger partial charge in [-0.05, 0) is 23.8 Å². The van der Waals surface area contributed by atoms with Crippen molar-refractivity contribution < 1.29 is 4.79 Å². The summed E-state index contributed by atoms with van der Waals surface area (Å²) in [6.07, 6.45) is 0.637. The molecule has 1 amide bonds. The summed E-state index contributed by atoms with van der Waals surface area (Å²) >= 11 is 4.23. The lowest BCUT2D eigenvalue weighted by Crippen LogP contribution is -2.24. The van der Waals surface area contributed by atoms with Crippen molar-refractivity contribution in [3.63, 3.8) is 0 Å². The molecule has 74 valence electrons. The van der Waals surface area contributed by atoms with Gasteiger partial charge in [0.05, 0.1) is 0 Å². The van der Waals surface area contributed by atoms with Gasteiger partial charge in [-0.2, -0.15) is 12.6 Å². The number of benzene rings is 1. The van der Waals surface area contributed by atoms with Crippen molar-refractivity contribution in [2.45, 2.75) is 6.42 Å². The van der Waals surface area contributed by atoms with Crippen LogP contribution in [0.15, 0.2) is 30.3 Å². The first kappa shape index (κ1) is 9.59. The highest BCUT2D eigenvalue weighted by Gasteiger charge is 2.29. The van der Waals surface area contributed by atoms with E-state index in [9.17, 15) is 4.79 Å². The second kappa shape index (κ2) is 4.05. The number of rotatable bonds is 2. The zero-order chi connectivity index (χ0) is 9.97. The fourth-order valence-electron chi connectivity index (χ4n) is 1.76. The van der Waals surface area contributed by atoms with E-state index in [1.807, 2.05) is 35.2 Å². The number of hydrogen-bond acceptors (Lipinski definition) is 2. The van der Waals surface area contributed by atoms with Gasteiger partial charge >= 0.3 is 0 Å². The molecule has 1 unspecified atom stereocenters. The maximum absolute atomic E-state index is 11.6. The molecule has 0 radical (unpaired) electrons. The third-order valence-electron chi connectivity index (χ3n) is 2.53. The lowest BCUT2D eigenvalue weighted by Gasteiger charge is -2.15. The highest BCUT2D eigenvalue weighted by Crippen LogP contribution is 2.24. The van der Waals surface area contributed by atoms with Gasteiger partial charge in [0.25, 0.3) is 0 Å². The van der Waals surface area contributed by atoms with Crippen LogP contribution in [0.4, 0.5) is 5.69 Å². The largest absolute Gasteiger partial charge is 0.312 e. The Hall–Kier alpha value is -0.960. The summed E-state index contributed by atoms with van der Waals surface area (Å²) in [6, 6.07) is 9.81. The number of thiol groups is 1. The predicted octanol–water partition coefficient (Wildman–Crippen LogP) is 1.97. The van der Waals surface area contributed by atoms with Crippen molar-refractivity contribution in [2.24, 2.45) is 5.92 Å². The monoisotopic (exact) mass is 207 g/mol. The number of amides is 1. The maximum atomic E-state index is 11.6. The molecule has 2 rings (SSSR count). The minimum atomic E-state index is 0.218. The normalized spacial score (nSPS) is 21.6. The van der Waals surface area contributed by atoms with Crippen LogP contribution in [0.2, 0.25) is 0 Å². The molecule has 0 bridgehead atoms. The number of nitrogens with zero attached hydrogens (tertiary/aromatic N) is 1. The molecule has 1 heterocycles. The lowest BCUT2D eigenvalue weighted by molar-refractivity contribution is -0.117. The molecular weight excluding hydrogens is 194 g/mol. The molecule has 1 aromatic carbocycles. The van der Waals surface area contributed by atoms with E-state index in [0.29, 0.717) is 12.3 Å². The molecule has 0 aliphatic carbocycles. The van der Waals surface area contributed by atoms with Crippen molar-refractivity contribution >= 4 is 24.2 Å². The molecule has 1 aromatic rings. The van der Waals surface area contributed by atoms with Crippen LogP contribution in [0.3, 0.4) is 0 Å². The summed E-state index contributed by atoms with van der Waals surface area (Å²) < 4.78 is 0. The predicted molar refractivity (Wildman–Crippen MR) is 60.8 cm³/mol. The summed E-state index contributed by atoms with van der Waals surface area (Å²) in [4.78, 5) is 13.5. The highest BCUT2D eigenvalue weighted by atomic mass is 32.1. The van der Waals surface area contributed by atoms with Gasteiger partial charge in [0.1, 0.15) is 0 Å². The van der Waals surface area contributed by atoms with Crippen LogP contribution >= 0.6 is 12.6 Å². The van der Waals surface area contributed by atoms with Gasteiger partial charge in [-0.3, -0.25) is 4.79 Å². The minimum absolute atomic E-state index is 0.218. The van der Waals surface area contributed by atoms with Gasteiger partial charge in [0.15, 0.2) is 0 Å². The third-order valence-corrected chi connectivity index (χ3v) is 3.05. The Morgan fingerprint density at radius 3 is 2.64 bits per heavy atom. The van der Waals surface area contributed by atoms with Crippen LogP contribution < -0.4 is 4.90 Å².